The Bertz CT molecular complexity index is 391. The zero-order valence-corrected chi connectivity index (χ0v) is 8.79. The highest BCUT2D eigenvalue weighted by Gasteiger charge is 2.25. The topological polar surface area (TPSA) is 78.5 Å². The molecule has 3 heterocycles. The Labute approximate surface area is 84.3 Å². The lowest BCUT2D eigenvalue weighted by Crippen LogP contribution is -2.09. The van der Waals surface area contributed by atoms with Crippen LogP contribution >= 0.6 is 21.0 Å². The predicted octanol–water partition coefficient (Wildman–Crippen LogP) is -0.825. The second kappa shape index (κ2) is 2.84. The summed E-state index contributed by atoms with van der Waals surface area (Å²) in [6, 6.07) is 0. The maximum atomic E-state index is 3.97. The molecule has 7 heteroatoms. The number of nitrogens with one attached hydrogen (secondary N) is 3. The molecule has 1 aromatic heterocycles. The van der Waals surface area contributed by atoms with Crippen LogP contribution in [0.3, 0.4) is 0 Å². The summed E-state index contributed by atoms with van der Waals surface area (Å²) < 4.78 is 4.92. The number of hydrogen-bond acceptors (Lipinski definition) is 5. The second-order valence-corrected chi connectivity index (χ2v) is 5.17. The van der Waals surface area contributed by atoms with Crippen molar-refractivity contribution >= 4 is 30.2 Å². The molecule has 0 amide bonds. The van der Waals surface area contributed by atoms with Crippen LogP contribution in [0, 0.1) is 0 Å². The highest BCUT2D eigenvalue weighted by molar-refractivity contribution is 14.2. The lowest BCUT2D eigenvalue weighted by molar-refractivity contribution is 0.881. The molecule has 3 N–H and O–H groups in total. The van der Waals surface area contributed by atoms with E-state index in [4.69, 9.17) is 0 Å². The van der Waals surface area contributed by atoms with Gasteiger partial charge in [0, 0.05) is 43.2 Å². The first-order valence-electron chi connectivity index (χ1n) is 3.89. The average Bonchev–Trinajstić information content (AvgIpc) is 2.79. The minimum Gasteiger partial charge on any atom is -0.330 e. The molecule has 0 saturated carbocycles. The molecule has 0 bridgehead atoms. The van der Waals surface area contributed by atoms with Crippen molar-refractivity contribution in [1.82, 2.24) is 29.5 Å². The van der Waals surface area contributed by atoms with Crippen LogP contribution in [0.2, 0.25) is 0 Å². The molecule has 2 aliphatic rings. The summed E-state index contributed by atoms with van der Waals surface area (Å²) in [6.45, 7) is 1.96. The Balaban J connectivity index is 2.07. The third kappa shape index (κ3) is 1.10. The third-order valence-electron chi connectivity index (χ3n) is 2.04. The molecule has 1 fully saturated rings. The van der Waals surface area contributed by atoms with Crippen LogP contribution in [0.25, 0.3) is 5.70 Å². The number of rotatable bonds is 1. The molecule has 0 atom stereocenters. The number of nitrogens with zero attached hydrogens (tertiary/aromatic N) is 3. The smallest absolute Gasteiger partial charge is 0.221 e. The molecular weight excluding hydrogens is 283 g/mol. The summed E-state index contributed by atoms with van der Waals surface area (Å²) in [5.41, 5.74) is 2.43. The molecule has 2 aliphatic heterocycles. The number of H-pyrrole nitrogens is 1. The van der Waals surface area contributed by atoms with Crippen LogP contribution in [-0.2, 0) is 0 Å². The fraction of sp³-hybridized carbons (Fsp3) is 0.333. The van der Waals surface area contributed by atoms with Gasteiger partial charge in [0.05, 0.1) is 5.70 Å². The molecule has 0 aromatic carbocycles. The van der Waals surface area contributed by atoms with E-state index in [9.17, 15) is 0 Å². The van der Waals surface area contributed by atoms with Crippen molar-refractivity contribution in [2.75, 3.05) is 13.1 Å². The third-order valence-corrected chi connectivity index (χ3v) is 4.53. The van der Waals surface area contributed by atoms with Gasteiger partial charge in [0.25, 0.3) is 0 Å². The van der Waals surface area contributed by atoms with Crippen molar-refractivity contribution in [2.45, 2.75) is 0 Å². The Morgan fingerprint density at radius 1 is 1.31 bits per heavy atom. The van der Waals surface area contributed by atoms with E-state index in [1.165, 1.54) is 9.08 Å². The molecular formula is C6H7IN6. The Morgan fingerprint density at radius 2 is 2.31 bits per heavy atom. The van der Waals surface area contributed by atoms with E-state index in [1.807, 2.05) is 0 Å². The van der Waals surface area contributed by atoms with Crippen LogP contribution in [0.5, 0.6) is 0 Å². The van der Waals surface area contributed by atoms with Gasteiger partial charge in [0.1, 0.15) is 0 Å². The molecule has 1 saturated heterocycles. The van der Waals surface area contributed by atoms with Gasteiger partial charge in [-0.2, -0.15) is 5.21 Å². The van der Waals surface area contributed by atoms with E-state index in [2.05, 4.69) is 29.5 Å². The quantitative estimate of drug-likeness (QED) is 0.465. The summed E-state index contributed by atoms with van der Waals surface area (Å²) in [6.07, 6.45) is 0. The van der Waals surface area contributed by atoms with Crippen LogP contribution in [0.15, 0.2) is 5.57 Å². The molecule has 0 radical (unpaired) electrons. The van der Waals surface area contributed by atoms with Crippen molar-refractivity contribution < 1.29 is 0 Å². The van der Waals surface area contributed by atoms with Gasteiger partial charge in [0.2, 0.25) is 5.82 Å². The standard InChI is InChI=1S/C6H7IN6/c1-3-4(2-8-1)7-9-5(3)6-10-12-13-11-6/h8-9H,1-2H2,(H,10,11,12,13). The lowest BCUT2D eigenvalue weighted by Gasteiger charge is -1.98. The van der Waals surface area contributed by atoms with Gasteiger partial charge in [-0.05, 0) is 5.21 Å². The van der Waals surface area contributed by atoms with Gasteiger partial charge in [-0.1, -0.05) is 0 Å². The van der Waals surface area contributed by atoms with Gasteiger partial charge in [-0.15, -0.1) is 10.2 Å². The van der Waals surface area contributed by atoms with E-state index in [-0.39, 0.29) is 21.0 Å². The van der Waals surface area contributed by atoms with Crippen molar-refractivity contribution in [2.24, 2.45) is 0 Å². The van der Waals surface area contributed by atoms with Crippen LogP contribution in [0.4, 0.5) is 0 Å². The molecule has 0 unspecified atom stereocenters. The van der Waals surface area contributed by atoms with E-state index in [0.717, 1.165) is 18.8 Å². The Kier molecular flexibility index (Phi) is 1.65. The first-order chi connectivity index (χ1) is 6.45. The SMILES string of the molecule is C1NCC2=C(c3nn[nH]n3)NI=C12. The second-order valence-electron chi connectivity index (χ2n) is 2.79. The minimum atomic E-state index is -0.0399. The molecule has 13 heavy (non-hydrogen) atoms. The van der Waals surface area contributed by atoms with Crippen molar-refractivity contribution in [3.63, 3.8) is 0 Å². The van der Waals surface area contributed by atoms with Gasteiger partial charge in [-0.25, -0.2) is 0 Å². The molecule has 68 valence electrons. The molecule has 1 aromatic rings. The fourth-order valence-corrected chi connectivity index (χ4v) is 3.83. The van der Waals surface area contributed by atoms with E-state index < -0.39 is 0 Å². The van der Waals surface area contributed by atoms with Gasteiger partial charge < -0.3 is 8.85 Å². The van der Waals surface area contributed by atoms with Crippen LogP contribution < -0.4 is 8.85 Å². The first kappa shape index (κ1) is 7.56. The van der Waals surface area contributed by atoms with Gasteiger partial charge >= 0.3 is 0 Å². The summed E-state index contributed by atoms with van der Waals surface area (Å²) in [5.74, 6) is 0.688. The molecule has 6 nitrogen and oxygen atoms in total. The summed E-state index contributed by atoms with van der Waals surface area (Å²) in [4.78, 5) is 0. The van der Waals surface area contributed by atoms with E-state index in [1.54, 1.807) is 0 Å². The van der Waals surface area contributed by atoms with Crippen LogP contribution in [0.1, 0.15) is 5.82 Å². The minimum absolute atomic E-state index is 0.0399. The summed E-state index contributed by atoms with van der Waals surface area (Å²) in [5, 5.41) is 17.3. The number of hydrogen-bond donors (Lipinski definition) is 3. The van der Waals surface area contributed by atoms with Crippen molar-refractivity contribution in [1.29, 1.82) is 0 Å². The van der Waals surface area contributed by atoms with Crippen molar-refractivity contribution in [3.05, 3.63) is 11.4 Å². The van der Waals surface area contributed by atoms with Crippen LogP contribution in [-0.4, -0.2) is 37.2 Å². The average molecular weight is 290 g/mol. The number of halogens is 1. The normalized spacial score (nSPS) is 20.8. The molecule has 0 aliphatic carbocycles. The van der Waals surface area contributed by atoms with Gasteiger partial charge in [-0.3, -0.25) is 0 Å². The zero-order chi connectivity index (χ0) is 8.67. The number of aromatic nitrogens is 4. The Morgan fingerprint density at radius 3 is 3.15 bits per heavy atom. The maximum absolute atomic E-state index is 3.97. The number of fused-ring (bicyclic) bond motifs is 1. The molecule has 3 rings (SSSR count). The fourth-order valence-electron chi connectivity index (χ4n) is 1.42. The number of tetrazole rings is 1. The maximum Gasteiger partial charge on any atom is 0.221 e. The Hall–Kier alpha value is -0.830. The predicted molar refractivity (Wildman–Crippen MR) is 56.1 cm³/mol. The summed E-state index contributed by atoms with van der Waals surface area (Å²) >= 11 is -0.0399. The zero-order valence-electron chi connectivity index (χ0n) is 6.63. The highest BCUT2D eigenvalue weighted by Crippen LogP contribution is 2.26. The van der Waals surface area contributed by atoms with Gasteiger partial charge in [0.15, 0.2) is 0 Å². The van der Waals surface area contributed by atoms with Crippen molar-refractivity contribution in [3.8, 4) is 0 Å². The summed E-state index contributed by atoms with van der Waals surface area (Å²) in [7, 11) is 0. The highest BCUT2D eigenvalue weighted by atomic mass is 127. The molecule has 0 spiro atoms. The largest absolute Gasteiger partial charge is 0.330 e. The van der Waals surface area contributed by atoms with E-state index in [0.29, 0.717) is 5.82 Å². The van der Waals surface area contributed by atoms with E-state index >= 15 is 0 Å². The monoisotopic (exact) mass is 290 g/mol. The number of aromatic amines is 1. The first-order valence-corrected chi connectivity index (χ1v) is 6.04. The lowest BCUT2D eigenvalue weighted by atomic mass is 10.2.